The zero-order valence-electron chi connectivity index (χ0n) is 9.93. The molecule has 0 aliphatic carbocycles. The van der Waals surface area contributed by atoms with Crippen molar-refractivity contribution in [1.82, 2.24) is 0 Å². The molecule has 2 heteroatoms. The summed E-state index contributed by atoms with van der Waals surface area (Å²) in [5, 5.41) is 0. The molecule has 0 N–H and O–H groups in total. The summed E-state index contributed by atoms with van der Waals surface area (Å²) in [6, 6.07) is 18.1. The first kappa shape index (κ1) is 11.7. The Kier molecular flexibility index (Phi) is 4.17. The second-order valence-electron chi connectivity index (χ2n) is 3.82. The molecule has 0 heterocycles. The SMILES string of the molecule is COCc1ccccc1OCc1ccccc1. The van der Waals surface area contributed by atoms with Crippen molar-refractivity contribution in [3.63, 3.8) is 0 Å². The number of methoxy groups -OCH3 is 1. The van der Waals surface area contributed by atoms with Gasteiger partial charge < -0.3 is 9.47 Å². The summed E-state index contributed by atoms with van der Waals surface area (Å²) in [5.41, 5.74) is 2.24. The van der Waals surface area contributed by atoms with Crippen LogP contribution < -0.4 is 4.74 Å². The highest BCUT2D eigenvalue weighted by molar-refractivity contribution is 5.33. The van der Waals surface area contributed by atoms with Gasteiger partial charge in [-0.15, -0.1) is 0 Å². The van der Waals surface area contributed by atoms with Crippen LogP contribution in [0.4, 0.5) is 0 Å². The largest absolute Gasteiger partial charge is 0.489 e. The van der Waals surface area contributed by atoms with Crippen LogP contribution in [0.1, 0.15) is 11.1 Å². The Bertz CT molecular complexity index is 451. The van der Waals surface area contributed by atoms with E-state index in [1.54, 1.807) is 7.11 Å². The molecule has 0 amide bonds. The zero-order valence-corrected chi connectivity index (χ0v) is 9.93. The number of hydrogen-bond acceptors (Lipinski definition) is 2. The third-order valence-corrected chi connectivity index (χ3v) is 2.51. The molecule has 0 fully saturated rings. The molecule has 2 rings (SSSR count). The molecule has 0 spiro atoms. The molecule has 0 aliphatic heterocycles. The predicted molar refractivity (Wildman–Crippen MR) is 67.9 cm³/mol. The van der Waals surface area contributed by atoms with Crippen LogP contribution in [0.5, 0.6) is 5.75 Å². The lowest BCUT2D eigenvalue weighted by molar-refractivity contribution is 0.179. The van der Waals surface area contributed by atoms with Gasteiger partial charge in [0.2, 0.25) is 0 Å². The molecule has 17 heavy (non-hydrogen) atoms. The van der Waals surface area contributed by atoms with Gasteiger partial charge in [-0.1, -0.05) is 48.5 Å². The lowest BCUT2D eigenvalue weighted by Crippen LogP contribution is -1.99. The van der Waals surface area contributed by atoms with Crippen LogP contribution in [0, 0.1) is 0 Å². The summed E-state index contributed by atoms with van der Waals surface area (Å²) in [4.78, 5) is 0. The van der Waals surface area contributed by atoms with E-state index in [0.717, 1.165) is 11.3 Å². The highest BCUT2D eigenvalue weighted by atomic mass is 16.5. The molecule has 0 bridgehead atoms. The number of hydrogen-bond donors (Lipinski definition) is 0. The van der Waals surface area contributed by atoms with Crippen LogP contribution >= 0.6 is 0 Å². The number of para-hydroxylation sites is 1. The Balaban J connectivity index is 2.03. The predicted octanol–water partition coefficient (Wildman–Crippen LogP) is 3.41. The van der Waals surface area contributed by atoms with E-state index in [0.29, 0.717) is 13.2 Å². The fourth-order valence-corrected chi connectivity index (χ4v) is 1.65. The third-order valence-electron chi connectivity index (χ3n) is 2.51. The molecule has 0 aromatic heterocycles. The fraction of sp³-hybridized carbons (Fsp3) is 0.200. The van der Waals surface area contributed by atoms with Gasteiger partial charge in [-0.2, -0.15) is 0 Å². The minimum atomic E-state index is 0.574. The van der Waals surface area contributed by atoms with Gasteiger partial charge >= 0.3 is 0 Å². The van der Waals surface area contributed by atoms with E-state index < -0.39 is 0 Å². The summed E-state index contributed by atoms with van der Waals surface area (Å²) in [7, 11) is 1.69. The molecule has 0 unspecified atom stereocenters. The van der Waals surface area contributed by atoms with Gasteiger partial charge in [0, 0.05) is 12.7 Å². The number of rotatable bonds is 5. The Labute approximate surface area is 102 Å². The van der Waals surface area contributed by atoms with Crippen molar-refractivity contribution < 1.29 is 9.47 Å². The molecular weight excluding hydrogens is 212 g/mol. The zero-order chi connectivity index (χ0) is 11.9. The van der Waals surface area contributed by atoms with Crippen molar-refractivity contribution in [3.05, 3.63) is 65.7 Å². The fourth-order valence-electron chi connectivity index (χ4n) is 1.65. The van der Waals surface area contributed by atoms with Gasteiger partial charge in [0.25, 0.3) is 0 Å². The molecule has 0 saturated carbocycles. The Morgan fingerprint density at radius 3 is 2.29 bits per heavy atom. The quantitative estimate of drug-likeness (QED) is 0.780. The van der Waals surface area contributed by atoms with E-state index in [9.17, 15) is 0 Å². The highest BCUT2D eigenvalue weighted by Gasteiger charge is 2.02. The van der Waals surface area contributed by atoms with E-state index >= 15 is 0 Å². The summed E-state index contributed by atoms with van der Waals surface area (Å²) < 4.78 is 10.9. The monoisotopic (exact) mass is 228 g/mol. The van der Waals surface area contributed by atoms with Crippen LogP contribution in [-0.4, -0.2) is 7.11 Å². The van der Waals surface area contributed by atoms with Crippen LogP contribution in [0.15, 0.2) is 54.6 Å². The van der Waals surface area contributed by atoms with Gasteiger partial charge in [0.1, 0.15) is 12.4 Å². The molecule has 0 aliphatic rings. The first-order chi connectivity index (χ1) is 8.40. The van der Waals surface area contributed by atoms with Crippen molar-refractivity contribution in [2.45, 2.75) is 13.2 Å². The van der Waals surface area contributed by atoms with E-state index in [4.69, 9.17) is 9.47 Å². The van der Waals surface area contributed by atoms with Crippen LogP contribution in [0.3, 0.4) is 0 Å². The standard InChI is InChI=1S/C15H16O2/c1-16-12-14-9-5-6-10-15(14)17-11-13-7-3-2-4-8-13/h2-10H,11-12H2,1H3. The first-order valence-electron chi connectivity index (χ1n) is 5.63. The van der Waals surface area contributed by atoms with Crippen molar-refractivity contribution in [2.75, 3.05) is 7.11 Å². The lowest BCUT2D eigenvalue weighted by Gasteiger charge is -2.10. The Hall–Kier alpha value is -1.80. The van der Waals surface area contributed by atoms with Gasteiger partial charge in [0.05, 0.1) is 6.61 Å². The summed E-state index contributed by atoms with van der Waals surface area (Å²) in [6.07, 6.45) is 0. The highest BCUT2D eigenvalue weighted by Crippen LogP contribution is 2.19. The minimum Gasteiger partial charge on any atom is -0.489 e. The van der Waals surface area contributed by atoms with Crippen LogP contribution in [0.25, 0.3) is 0 Å². The topological polar surface area (TPSA) is 18.5 Å². The van der Waals surface area contributed by atoms with Crippen molar-refractivity contribution in [1.29, 1.82) is 0 Å². The molecule has 0 atom stereocenters. The van der Waals surface area contributed by atoms with Crippen LogP contribution in [0.2, 0.25) is 0 Å². The normalized spacial score (nSPS) is 10.2. The van der Waals surface area contributed by atoms with E-state index in [1.165, 1.54) is 5.56 Å². The van der Waals surface area contributed by atoms with Gasteiger partial charge in [-0.3, -0.25) is 0 Å². The second-order valence-corrected chi connectivity index (χ2v) is 3.82. The van der Waals surface area contributed by atoms with E-state index in [-0.39, 0.29) is 0 Å². The van der Waals surface area contributed by atoms with Gasteiger partial charge in [-0.25, -0.2) is 0 Å². The third kappa shape index (κ3) is 3.33. The summed E-state index contributed by atoms with van der Waals surface area (Å²) in [5.74, 6) is 0.887. The minimum absolute atomic E-state index is 0.574. The number of benzene rings is 2. The molecule has 2 aromatic rings. The average molecular weight is 228 g/mol. The first-order valence-corrected chi connectivity index (χ1v) is 5.63. The Morgan fingerprint density at radius 1 is 0.824 bits per heavy atom. The molecular formula is C15H16O2. The van der Waals surface area contributed by atoms with Gasteiger partial charge in [0.15, 0.2) is 0 Å². The van der Waals surface area contributed by atoms with Crippen LogP contribution in [-0.2, 0) is 18.0 Å². The van der Waals surface area contributed by atoms with Crippen molar-refractivity contribution in [2.24, 2.45) is 0 Å². The molecule has 0 saturated heterocycles. The van der Waals surface area contributed by atoms with E-state index in [1.807, 2.05) is 42.5 Å². The van der Waals surface area contributed by atoms with Crippen molar-refractivity contribution >= 4 is 0 Å². The maximum Gasteiger partial charge on any atom is 0.125 e. The summed E-state index contributed by atoms with van der Waals surface area (Å²) in [6.45, 7) is 1.16. The molecule has 88 valence electrons. The van der Waals surface area contributed by atoms with E-state index in [2.05, 4.69) is 12.1 Å². The van der Waals surface area contributed by atoms with Gasteiger partial charge in [-0.05, 0) is 11.6 Å². The maximum atomic E-state index is 5.80. The molecule has 2 nitrogen and oxygen atoms in total. The summed E-state index contributed by atoms with van der Waals surface area (Å²) >= 11 is 0. The lowest BCUT2D eigenvalue weighted by atomic mass is 10.2. The average Bonchev–Trinajstić information content (AvgIpc) is 2.39. The second kappa shape index (κ2) is 6.06. The molecule has 0 radical (unpaired) electrons. The molecule has 2 aromatic carbocycles. The maximum absolute atomic E-state index is 5.80. The number of ether oxygens (including phenoxy) is 2. The van der Waals surface area contributed by atoms with Crippen molar-refractivity contribution in [3.8, 4) is 5.75 Å². The smallest absolute Gasteiger partial charge is 0.125 e. The Morgan fingerprint density at radius 2 is 1.53 bits per heavy atom.